The smallest absolute Gasteiger partial charge is 0.274 e. The summed E-state index contributed by atoms with van der Waals surface area (Å²) in [5, 5.41) is 6.97. The van der Waals surface area contributed by atoms with E-state index < -0.39 is 5.41 Å². The summed E-state index contributed by atoms with van der Waals surface area (Å²) in [5.41, 5.74) is -0.175. The Morgan fingerprint density at radius 1 is 1.57 bits per heavy atom. The zero-order valence-corrected chi connectivity index (χ0v) is 13.4. The van der Waals surface area contributed by atoms with Crippen LogP contribution in [0.5, 0.6) is 0 Å². The number of carbonyl (C=O) groups excluding carboxylic acids is 2. The van der Waals surface area contributed by atoms with Gasteiger partial charge in [0.25, 0.3) is 5.91 Å². The van der Waals surface area contributed by atoms with Gasteiger partial charge in [-0.25, -0.2) is 4.68 Å². The minimum atomic E-state index is -0.544. The van der Waals surface area contributed by atoms with Crippen LogP contribution in [0.3, 0.4) is 0 Å². The second-order valence-electron chi connectivity index (χ2n) is 6.10. The molecule has 8 heteroatoms. The molecular weight excluding hydrogens is 300 g/mol. The van der Waals surface area contributed by atoms with Gasteiger partial charge in [-0.3, -0.25) is 9.59 Å². The topological polar surface area (TPSA) is 85.7 Å². The van der Waals surface area contributed by atoms with E-state index in [9.17, 15) is 9.59 Å². The normalized spacial score (nSPS) is 26.9. The molecule has 126 valence electrons. The second-order valence-corrected chi connectivity index (χ2v) is 6.10. The van der Waals surface area contributed by atoms with Crippen molar-refractivity contribution >= 4 is 11.8 Å². The molecule has 0 aromatic carbocycles. The lowest BCUT2D eigenvalue weighted by atomic mass is 9.73. The van der Waals surface area contributed by atoms with E-state index in [0.29, 0.717) is 45.1 Å². The minimum absolute atomic E-state index is 0.00832. The van der Waals surface area contributed by atoms with Crippen LogP contribution in [0.4, 0.5) is 0 Å². The quantitative estimate of drug-likeness (QED) is 0.823. The van der Waals surface area contributed by atoms with Crippen molar-refractivity contribution in [3.8, 4) is 0 Å². The van der Waals surface area contributed by atoms with Gasteiger partial charge >= 0.3 is 0 Å². The first-order valence-electron chi connectivity index (χ1n) is 7.72. The molecule has 3 rings (SSSR count). The molecule has 0 radical (unpaired) electrons. The number of nitrogens with one attached hydrogen (secondary N) is 1. The van der Waals surface area contributed by atoms with Crippen molar-refractivity contribution < 1.29 is 19.1 Å². The molecule has 23 heavy (non-hydrogen) atoms. The predicted octanol–water partition coefficient (Wildman–Crippen LogP) is -0.288. The monoisotopic (exact) mass is 322 g/mol. The van der Waals surface area contributed by atoms with E-state index in [1.54, 1.807) is 36.0 Å². The summed E-state index contributed by atoms with van der Waals surface area (Å²) in [6.07, 6.45) is 2.34. The first-order chi connectivity index (χ1) is 11.1. The van der Waals surface area contributed by atoms with Gasteiger partial charge in [0.1, 0.15) is 12.4 Å². The van der Waals surface area contributed by atoms with Crippen LogP contribution in [0.25, 0.3) is 0 Å². The number of aromatic nitrogens is 2. The molecule has 0 aliphatic carbocycles. The van der Waals surface area contributed by atoms with Crippen molar-refractivity contribution in [3.05, 3.63) is 18.0 Å². The Labute approximate surface area is 134 Å². The standard InChI is InChI=1S/C15H22N4O4/c1-16-14(21)15-4-6-23-8-11(15)7-18(9-15)13(20)12-3-5-19(17-12)10-22-2/h3,5,11H,4,6-10H2,1-2H3,(H,16,21)/t11-,15+/m1/s1. The number of carbonyl (C=O) groups is 2. The van der Waals surface area contributed by atoms with Crippen LogP contribution in [0.15, 0.2) is 12.3 Å². The van der Waals surface area contributed by atoms with Gasteiger partial charge in [0.2, 0.25) is 5.91 Å². The molecule has 2 atom stereocenters. The number of ether oxygens (including phenoxy) is 2. The van der Waals surface area contributed by atoms with E-state index in [2.05, 4.69) is 10.4 Å². The fraction of sp³-hybridized carbons (Fsp3) is 0.667. The van der Waals surface area contributed by atoms with Crippen LogP contribution >= 0.6 is 0 Å². The third-order valence-corrected chi connectivity index (χ3v) is 4.79. The van der Waals surface area contributed by atoms with E-state index in [-0.39, 0.29) is 17.7 Å². The Morgan fingerprint density at radius 2 is 2.39 bits per heavy atom. The minimum Gasteiger partial charge on any atom is -0.381 e. The molecule has 2 aliphatic rings. The Kier molecular flexibility index (Phi) is 4.36. The lowest BCUT2D eigenvalue weighted by Gasteiger charge is -2.36. The highest BCUT2D eigenvalue weighted by Gasteiger charge is 2.54. The lowest BCUT2D eigenvalue weighted by Crippen LogP contribution is -2.49. The second kappa shape index (κ2) is 6.29. The average molecular weight is 322 g/mol. The maximum Gasteiger partial charge on any atom is 0.274 e. The van der Waals surface area contributed by atoms with Crippen LogP contribution in [-0.2, 0) is 21.0 Å². The molecule has 0 spiro atoms. The summed E-state index contributed by atoms with van der Waals surface area (Å²) in [5.74, 6) is -0.134. The van der Waals surface area contributed by atoms with Gasteiger partial charge in [0.05, 0.1) is 12.0 Å². The molecule has 2 amide bonds. The molecule has 2 saturated heterocycles. The molecule has 0 unspecified atom stereocenters. The van der Waals surface area contributed by atoms with Gasteiger partial charge in [0, 0.05) is 46.0 Å². The van der Waals surface area contributed by atoms with Crippen LogP contribution in [0.2, 0.25) is 0 Å². The Morgan fingerprint density at radius 3 is 3.13 bits per heavy atom. The van der Waals surface area contributed by atoms with Crippen LogP contribution in [-0.4, -0.2) is 67.0 Å². The Hall–Kier alpha value is -1.93. The van der Waals surface area contributed by atoms with Crippen molar-refractivity contribution in [2.75, 3.05) is 40.5 Å². The van der Waals surface area contributed by atoms with Gasteiger partial charge in [-0.1, -0.05) is 0 Å². The van der Waals surface area contributed by atoms with Gasteiger partial charge in [-0.05, 0) is 12.5 Å². The lowest BCUT2D eigenvalue weighted by molar-refractivity contribution is -0.138. The summed E-state index contributed by atoms with van der Waals surface area (Å²) in [4.78, 5) is 26.8. The number of hydrogen-bond donors (Lipinski definition) is 1. The summed E-state index contributed by atoms with van der Waals surface area (Å²) < 4.78 is 12.1. The average Bonchev–Trinajstić information content (AvgIpc) is 3.18. The summed E-state index contributed by atoms with van der Waals surface area (Å²) in [7, 11) is 3.21. The summed E-state index contributed by atoms with van der Waals surface area (Å²) >= 11 is 0. The highest BCUT2D eigenvalue weighted by atomic mass is 16.5. The van der Waals surface area contributed by atoms with Crippen LogP contribution in [0.1, 0.15) is 16.9 Å². The molecule has 1 aromatic heterocycles. The van der Waals surface area contributed by atoms with E-state index in [4.69, 9.17) is 9.47 Å². The first kappa shape index (κ1) is 15.9. The fourth-order valence-corrected chi connectivity index (χ4v) is 3.57. The molecular formula is C15H22N4O4. The van der Waals surface area contributed by atoms with Gasteiger partial charge in [-0.2, -0.15) is 5.10 Å². The van der Waals surface area contributed by atoms with E-state index in [1.807, 2.05) is 0 Å². The van der Waals surface area contributed by atoms with E-state index >= 15 is 0 Å². The largest absolute Gasteiger partial charge is 0.381 e. The maximum atomic E-state index is 12.7. The molecule has 1 N–H and O–H groups in total. The number of amides is 2. The molecule has 0 saturated carbocycles. The predicted molar refractivity (Wildman–Crippen MR) is 80.6 cm³/mol. The fourth-order valence-electron chi connectivity index (χ4n) is 3.57. The number of nitrogens with zero attached hydrogens (tertiary/aromatic N) is 3. The number of hydrogen-bond acceptors (Lipinski definition) is 5. The summed E-state index contributed by atoms with van der Waals surface area (Å²) in [6.45, 7) is 2.29. The number of rotatable bonds is 4. The molecule has 2 fully saturated rings. The Balaban J connectivity index is 1.78. The zero-order valence-electron chi connectivity index (χ0n) is 13.4. The maximum absolute atomic E-state index is 12.7. The molecule has 2 aliphatic heterocycles. The van der Waals surface area contributed by atoms with Crippen LogP contribution < -0.4 is 5.32 Å². The van der Waals surface area contributed by atoms with E-state index in [1.165, 1.54) is 0 Å². The molecule has 1 aromatic rings. The zero-order chi connectivity index (χ0) is 16.4. The summed E-state index contributed by atoms with van der Waals surface area (Å²) in [6, 6.07) is 1.67. The highest BCUT2D eigenvalue weighted by molar-refractivity contribution is 5.94. The van der Waals surface area contributed by atoms with Crippen molar-refractivity contribution in [1.82, 2.24) is 20.0 Å². The third-order valence-electron chi connectivity index (χ3n) is 4.79. The third kappa shape index (κ3) is 2.72. The van der Waals surface area contributed by atoms with Crippen molar-refractivity contribution in [3.63, 3.8) is 0 Å². The van der Waals surface area contributed by atoms with E-state index in [0.717, 1.165) is 0 Å². The van der Waals surface area contributed by atoms with Gasteiger partial charge in [-0.15, -0.1) is 0 Å². The molecule has 0 bridgehead atoms. The number of methoxy groups -OCH3 is 1. The van der Waals surface area contributed by atoms with Crippen molar-refractivity contribution in [2.24, 2.45) is 11.3 Å². The van der Waals surface area contributed by atoms with Gasteiger partial charge in [0.15, 0.2) is 0 Å². The highest BCUT2D eigenvalue weighted by Crippen LogP contribution is 2.42. The van der Waals surface area contributed by atoms with Crippen LogP contribution in [0, 0.1) is 11.3 Å². The van der Waals surface area contributed by atoms with Crippen molar-refractivity contribution in [2.45, 2.75) is 13.2 Å². The first-order valence-corrected chi connectivity index (χ1v) is 7.72. The Bertz CT molecular complexity index is 602. The SMILES string of the molecule is CNC(=O)[C@]12CCOC[C@H]1CN(C(=O)c1ccn(COC)n1)C2. The molecule has 3 heterocycles. The molecule has 8 nitrogen and oxygen atoms in total. The van der Waals surface area contributed by atoms with Crippen molar-refractivity contribution in [1.29, 1.82) is 0 Å². The van der Waals surface area contributed by atoms with Gasteiger partial charge < -0.3 is 19.7 Å². The number of likely N-dealkylation sites (tertiary alicyclic amines) is 1. The number of fused-ring (bicyclic) bond motifs is 1.